The predicted octanol–water partition coefficient (Wildman–Crippen LogP) is 12.0. The van der Waals surface area contributed by atoms with Crippen molar-refractivity contribution in [1.82, 2.24) is 10.3 Å². The van der Waals surface area contributed by atoms with E-state index in [9.17, 15) is 29.1 Å². The van der Waals surface area contributed by atoms with Crippen molar-refractivity contribution in [1.29, 1.82) is 0 Å². The zero-order valence-corrected chi connectivity index (χ0v) is 50.6. The molecule has 0 radical (unpaired) electrons. The molecule has 16 nitrogen and oxygen atoms in total. The molecule has 78 heavy (non-hydrogen) atoms. The van der Waals surface area contributed by atoms with Crippen LogP contribution in [0.15, 0.2) is 28.3 Å². The molecule has 0 spiro atoms. The van der Waals surface area contributed by atoms with Crippen molar-refractivity contribution in [2.45, 2.75) is 217 Å². The largest absolute Gasteiger partial charge is 0.480 e. The number of aliphatic imine (C=N–C) groups is 1. The molecular weight excluding hydrogens is 1010 g/mol. The average Bonchev–Trinajstić information content (AvgIpc) is 3.99. The molecule has 1 aromatic rings. The number of anilines is 1. The molecule has 3 aliphatic rings. The molecule has 6 unspecified atom stereocenters. The Hall–Kier alpha value is -4.93. The van der Waals surface area contributed by atoms with Gasteiger partial charge in [0.1, 0.15) is 46.9 Å². The number of carbonyl (C=O) groups excluding carboxylic acids is 6. The molecule has 4 N–H and O–H groups in total. The molecule has 2 amide bonds. The Kier molecular flexibility index (Phi) is 24.8. The minimum absolute atomic E-state index is 0.0997. The van der Waals surface area contributed by atoms with Crippen LogP contribution in [0.25, 0.3) is 0 Å². The number of esters is 3. The Morgan fingerprint density at radius 1 is 0.769 bits per heavy atom. The summed E-state index contributed by atoms with van der Waals surface area (Å²) in [4.78, 5) is 104. The fourth-order valence-corrected chi connectivity index (χ4v) is 13.9. The van der Waals surface area contributed by atoms with E-state index in [1.807, 2.05) is 55.4 Å². The normalized spacial score (nSPS) is 24.1. The van der Waals surface area contributed by atoms with Gasteiger partial charge in [0.2, 0.25) is 11.8 Å². The van der Waals surface area contributed by atoms with Crippen LogP contribution in [-0.2, 0) is 54.1 Å². The van der Waals surface area contributed by atoms with Gasteiger partial charge in [-0.25, -0.2) is 14.4 Å². The maximum absolute atomic E-state index is 15.1. The van der Waals surface area contributed by atoms with Gasteiger partial charge in [0.25, 0.3) is 6.47 Å². The highest BCUT2D eigenvalue weighted by Gasteiger charge is 2.44. The van der Waals surface area contributed by atoms with Crippen molar-refractivity contribution in [2.24, 2.45) is 57.2 Å². The Labute approximate surface area is 470 Å². The van der Waals surface area contributed by atoms with E-state index in [1.54, 1.807) is 6.92 Å². The smallest absolute Gasteiger partial charge is 0.342 e. The number of carboxylic acids is 1. The molecule has 0 saturated heterocycles. The summed E-state index contributed by atoms with van der Waals surface area (Å²) in [5.41, 5.74) is 0.902. The Morgan fingerprint density at radius 2 is 1.27 bits per heavy atom. The molecule has 0 bridgehead atoms. The molecular formula is C61H96N4O12S. The van der Waals surface area contributed by atoms with Crippen molar-refractivity contribution in [3.05, 3.63) is 40.1 Å². The molecule has 6 atom stereocenters. The highest BCUT2D eigenvalue weighted by Crippen LogP contribution is 2.43. The maximum atomic E-state index is 15.1. The second kappa shape index (κ2) is 29.5. The predicted molar refractivity (Wildman–Crippen MR) is 307 cm³/mol. The summed E-state index contributed by atoms with van der Waals surface area (Å²) in [6, 6.07) is -0.707. The minimum Gasteiger partial charge on any atom is -0.480 e. The van der Waals surface area contributed by atoms with Crippen LogP contribution in [-0.4, -0.2) is 101 Å². The maximum Gasteiger partial charge on any atom is 0.342 e. The lowest BCUT2D eigenvalue weighted by molar-refractivity contribution is -0.152. The van der Waals surface area contributed by atoms with Crippen molar-refractivity contribution in [3.8, 4) is 0 Å². The topological polar surface area (TPSA) is 229 Å². The van der Waals surface area contributed by atoms with Gasteiger partial charge in [0, 0.05) is 28.5 Å². The fraction of sp³-hybridized carbons (Fsp3) is 0.738. The zero-order valence-electron chi connectivity index (χ0n) is 49.8. The van der Waals surface area contributed by atoms with Gasteiger partial charge in [-0.2, -0.15) is 0 Å². The Balaban J connectivity index is 1.87. The first-order valence-electron chi connectivity index (χ1n) is 29.1. The molecule has 2 saturated carbocycles. The number of amides is 2. The zero-order chi connectivity index (χ0) is 58.4. The third-order valence-corrected chi connectivity index (χ3v) is 18.6. The number of aliphatic carboxylic acids is 1. The molecule has 2 aliphatic carbocycles. The number of aromatic nitrogens is 1. The molecule has 17 heteroatoms. The van der Waals surface area contributed by atoms with Crippen LogP contribution in [0, 0.1) is 52.3 Å². The van der Waals surface area contributed by atoms with E-state index in [1.165, 1.54) is 0 Å². The van der Waals surface area contributed by atoms with E-state index in [4.69, 9.17) is 23.9 Å². The van der Waals surface area contributed by atoms with Crippen molar-refractivity contribution in [3.63, 3.8) is 0 Å². The molecule has 1 aromatic heterocycles. The highest BCUT2D eigenvalue weighted by atomic mass is 32.2. The number of hydrogen-bond donors (Lipinski definition) is 4. The second-order valence-electron chi connectivity index (χ2n) is 24.0. The van der Waals surface area contributed by atoms with E-state index in [0.29, 0.717) is 91.4 Å². The molecule has 1 aliphatic heterocycles. The van der Waals surface area contributed by atoms with Crippen molar-refractivity contribution in [2.75, 3.05) is 24.3 Å². The number of thioether (sulfide) groups is 1. The van der Waals surface area contributed by atoms with Crippen LogP contribution in [0.5, 0.6) is 0 Å². The summed E-state index contributed by atoms with van der Waals surface area (Å²) in [7, 11) is 0. The summed E-state index contributed by atoms with van der Waals surface area (Å²) in [6.45, 7) is 34.0. The van der Waals surface area contributed by atoms with Crippen LogP contribution in [0.4, 0.5) is 5.82 Å². The van der Waals surface area contributed by atoms with Crippen LogP contribution in [0.3, 0.4) is 0 Å². The minimum atomic E-state index is -1.09. The number of rotatable bonds is 29. The fourth-order valence-electron chi connectivity index (χ4n) is 13.0. The van der Waals surface area contributed by atoms with E-state index < -0.39 is 46.0 Å². The van der Waals surface area contributed by atoms with Crippen LogP contribution in [0.1, 0.15) is 208 Å². The van der Waals surface area contributed by atoms with Gasteiger partial charge >= 0.3 is 23.9 Å². The van der Waals surface area contributed by atoms with E-state index >= 15 is 9.59 Å². The number of nitrogens with one attached hydrogen (secondary N) is 3. The lowest BCUT2D eigenvalue weighted by Gasteiger charge is -2.37. The van der Waals surface area contributed by atoms with Crippen LogP contribution < -0.4 is 10.6 Å². The lowest BCUT2D eigenvalue weighted by Crippen LogP contribution is -2.45. The number of ether oxygens (including phenoxy) is 4. The Morgan fingerprint density at radius 3 is 1.73 bits per heavy atom. The average molecular weight is 1110 g/mol. The first-order chi connectivity index (χ1) is 36.7. The summed E-state index contributed by atoms with van der Waals surface area (Å²) >= 11 is 1.15. The number of amidine groups is 1. The number of hydrogen-bond acceptors (Lipinski definition) is 13. The van der Waals surface area contributed by atoms with Gasteiger partial charge in [0.15, 0.2) is 0 Å². The Bertz CT molecular complexity index is 2320. The molecule has 0 aromatic carbocycles. The van der Waals surface area contributed by atoms with Gasteiger partial charge in [-0.1, -0.05) is 104 Å². The summed E-state index contributed by atoms with van der Waals surface area (Å²) in [5.74, 6) is -1.72. The number of H-pyrrole nitrogens is 1. The number of carbonyl (C=O) groups is 7. The van der Waals surface area contributed by atoms with E-state index in [-0.39, 0.29) is 108 Å². The summed E-state index contributed by atoms with van der Waals surface area (Å²) in [5, 5.41) is 15.1. The molecule has 2 fully saturated rings. The van der Waals surface area contributed by atoms with Gasteiger partial charge in [-0.15, -0.1) is 11.8 Å². The molecule has 438 valence electrons. The summed E-state index contributed by atoms with van der Waals surface area (Å²) in [6.07, 6.45) is 6.69. The van der Waals surface area contributed by atoms with Crippen LogP contribution in [0.2, 0.25) is 0 Å². The SMILES string of the molecule is C=C(C)C(=O)OCCCC(CC)(CC)C(=O)NC1=NC(Cc2[nH]c(NC(=O)C(CC)(CC)CCCSC(COC=O)C(=O)O)c(C(=O)OC3C(C)CC(C)CC3C)c2C(C)C)C(C(C)C)=C1C(=O)OC1C(C)CC(C)CC1C. The number of nitrogens with zero attached hydrogens (tertiary/aromatic N) is 1. The van der Waals surface area contributed by atoms with Crippen LogP contribution >= 0.6 is 11.8 Å². The third kappa shape index (κ3) is 16.1. The monoisotopic (exact) mass is 1110 g/mol. The van der Waals surface area contributed by atoms with Gasteiger partial charge in [-0.3, -0.25) is 24.2 Å². The van der Waals surface area contributed by atoms with Gasteiger partial charge < -0.3 is 39.7 Å². The van der Waals surface area contributed by atoms with E-state index in [0.717, 1.165) is 37.4 Å². The first-order valence-corrected chi connectivity index (χ1v) is 30.1. The molecule has 4 rings (SSSR count). The number of carboxylic acid groups (broad SMARTS) is 1. The summed E-state index contributed by atoms with van der Waals surface area (Å²) < 4.78 is 23.2. The van der Waals surface area contributed by atoms with Gasteiger partial charge in [-0.05, 0) is 148 Å². The molecule has 2 heterocycles. The van der Waals surface area contributed by atoms with E-state index in [2.05, 4.69) is 63.7 Å². The lowest BCUT2D eigenvalue weighted by atomic mass is 9.75. The number of aromatic amines is 1. The second-order valence-corrected chi connectivity index (χ2v) is 25.4. The standard InChI is InChI=1S/C61H96N4O12S/c1-17-60(18-2,23-21-25-75-55(69)36(9)10)58(72)64-52-48(56(70)76-50-39(13)27-37(11)28-40(50)14)46(34(5)6)43(62-52)31-44-47(35(7)8)49(57(71)77-51-41(15)29-38(12)30-42(51)16)53(63-44)65-59(73)61(19-3,20-4)24-22-26-78-45(54(67)68)32-74-33-66/h33-35,37-43,45,50-51,63H,9,17-32H2,1-8,10-16H3,(H,65,73)(H,67,68)(H,62,64,72). The highest BCUT2D eigenvalue weighted by molar-refractivity contribution is 8.00. The van der Waals surface area contributed by atoms with Crippen molar-refractivity contribution >= 4 is 65.6 Å². The quantitative estimate of drug-likeness (QED) is 0.0193. The third-order valence-electron chi connectivity index (χ3n) is 17.4. The van der Waals surface area contributed by atoms with Gasteiger partial charge in [0.05, 0.1) is 12.6 Å². The first kappa shape index (κ1) is 65.6. The van der Waals surface area contributed by atoms with Crippen molar-refractivity contribution < 1.29 is 57.6 Å².